The molecule has 2 heterocycles. The van der Waals surface area contributed by atoms with Crippen molar-refractivity contribution in [2.75, 3.05) is 0 Å². The molecular weight excluding hydrogens is 283 g/mol. The Hall–Kier alpha value is -1.93. The van der Waals surface area contributed by atoms with E-state index in [1.165, 1.54) is 6.07 Å². The van der Waals surface area contributed by atoms with Crippen molar-refractivity contribution in [1.82, 2.24) is 20.2 Å². The zero-order valence-corrected chi connectivity index (χ0v) is 11.6. The van der Waals surface area contributed by atoms with Gasteiger partial charge in [-0.1, -0.05) is 0 Å². The number of nitrogens with zero attached hydrogens (tertiary/aromatic N) is 3. The summed E-state index contributed by atoms with van der Waals surface area (Å²) in [5.41, 5.74) is 4.02. The zero-order chi connectivity index (χ0) is 15.6. The first-order chi connectivity index (χ1) is 9.81. The average Bonchev–Trinajstić information content (AvgIpc) is 2.73. The highest BCUT2D eigenvalue weighted by Crippen LogP contribution is 2.29. The van der Waals surface area contributed by atoms with Gasteiger partial charge in [0.05, 0.1) is 23.0 Å². The topological polar surface area (TPSA) is 68.8 Å². The largest absolute Gasteiger partial charge is 0.417 e. The standard InChI is InChI=1S/C13H16F3N5/c1-8-5-10(21(2)20-8)6-12(19-17)11-4-3-9(7-18-11)13(14,15)16/h3-5,7,12,19H,6,17H2,1-2H3. The summed E-state index contributed by atoms with van der Waals surface area (Å²) in [5, 5.41) is 4.22. The molecular formula is C13H16F3N5. The molecule has 5 nitrogen and oxygen atoms in total. The smallest absolute Gasteiger partial charge is 0.272 e. The Labute approximate surface area is 119 Å². The summed E-state index contributed by atoms with van der Waals surface area (Å²) in [6, 6.07) is 3.84. The molecule has 21 heavy (non-hydrogen) atoms. The minimum Gasteiger partial charge on any atom is -0.272 e. The summed E-state index contributed by atoms with van der Waals surface area (Å²) in [6.07, 6.45) is -3.10. The third-order valence-corrected chi connectivity index (χ3v) is 3.18. The highest BCUT2D eigenvalue weighted by molar-refractivity contribution is 5.21. The Kier molecular flexibility index (Phi) is 4.29. The molecule has 0 aromatic carbocycles. The van der Waals surface area contributed by atoms with E-state index in [2.05, 4.69) is 15.5 Å². The summed E-state index contributed by atoms with van der Waals surface area (Å²) in [5.74, 6) is 5.49. The molecule has 114 valence electrons. The summed E-state index contributed by atoms with van der Waals surface area (Å²) in [4.78, 5) is 3.86. The first-order valence-corrected chi connectivity index (χ1v) is 6.30. The van der Waals surface area contributed by atoms with Crippen LogP contribution in [-0.4, -0.2) is 14.8 Å². The minimum absolute atomic E-state index is 0.387. The molecule has 0 spiro atoms. The maximum Gasteiger partial charge on any atom is 0.417 e. The second-order valence-corrected chi connectivity index (χ2v) is 4.79. The van der Waals surface area contributed by atoms with Gasteiger partial charge in [0.1, 0.15) is 0 Å². The number of rotatable bonds is 4. The molecule has 3 N–H and O–H groups in total. The number of hydrazine groups is 1. The van der Waals surface area contributed by atoms with Crippen LogP contribution in [0.15, 0.2) is 24.4 Å². The third kappa shape index (κ3) is 3.59. The van der Waals surface area contributed by atoms with Gasteiger partial charge in [0.25, 0.3) is 0 Å². The van der Waals surface area contributed by atoms with Gasteiger partial charge in [0.15, 0.2) is 0 Å². The fraction of sp³-hybridized carbons (Fsp3) is 0.385. The van der Waals surface area contributed by atoms with E-state index in [1.54, 1.807) is 11.7 Å². The monoisotopic (exact) mass is 299 g/mol. The van der Waals surface area contributed by atoms with Gasteiger partial charge in [0.2, 0.25) is 0 Å². The molecule has 0 bridgehead atoms. The number of aryl methyl sites for hydroxylation is 2. The van der Waals surface area contributed by atoms with E-state index in [1.807, 2.05) is 13.0 Å². The van der Waals surface area contributed by atoms with E-state index in [0.717, 1.165) is 23.7 Å². The Balaban J connectivity index is 2.20. The van der Waals surface area contributed by atoms with Gasteiger partial charge < -0.3 is 0 Å². The van der Waals surface area contributed by atoms with Crippen molar-refractivity contribution in [3.63, 3.8) is 0 Å². The third-order valence-electron chi connectivity index (χ3n) is 3.18. The number of pyridine rings is 1. The van der Waals surface area contributed by atoms with Crippen molar-refractivity contribution in [2.45, 2.75) is 25.6 Å². The molecule has 0 aliphatic rings. The summed E-state index contributed by atoms with van der Waals surface area (Å²) in [6.45, 7) is 1.87. The lowest BCUT2D eigenvalue weighted by Gasteiger charge is -2.16. The van der Waals surface area contributed by atoms with Gasteiger partial charge in [-0.15, -0.1) is 0 Å². The van der Waals surface area contributed by atoms with Crippen molar-refractivity contribution in [3.8, 4) is 0 Å². The molecule has 0 radical (unpaired) electrons. The van der Waals surface area contributed by atoms with Gasteiger partial charge in [-0.3, -0.25) is 20.9 Å². The molecule has 1 unspecified atom stereocenters. The summed E-state index contributed by atoms with van der Waals surface area (Å²) < 4.78 is 39.3. The van der Waals surface area contributed by atoms with Crippen LogP contribution in [0, 0.1) is 6.92 Å². The highest BCUT2D eigenvalue weighted by Gasteiger charge is 2.31. The maximum absolute atomic E-state index is 12.5. The van der Waals surface area contributed by atoms with Crippen LogP contribution in [0.4, 0.5) is 13.2 Å². The number of halogens is 3. The average molecular weight is 299 g/mol. The molecule has 0 amide bonds. The Morgan fingerprint density at radius 3 is 2.52 bits per heavy atom. The Bertz CT molecular complexity index is 603. The van der Waals surface area contributed by atoms with Crippen molar-refractivity contribution < 1.29 is 13.2 Å². The van der Waals surface area contributed by atoms with Gasteiger partial charge in [0, 0.05) is 25.4 Å². The zero-order valence-electron chi connectivity index (χ0n) is 11.6. The molecule has 0 saturated carbocycles. The van der Waals surface area contributed by atoms with Crippen LogP contribution < -0.4 is 11.3 Å². The Morgan fingerprint density at radius 1 is 1.38 bits per heavy atom. The van der Waals surface area contributed by atoms with E-state index >= 15 is 0 Å². The van der Waals surface area contributed by atoms with Gasteiger partial charge >= 0.3 is 6.18 Å². The first kappa shape index (κ1) is 15.5. The quantitative estimate of drug-likeness (QED) is 0.668. The molecule has 8 heteroatoms. The fourth-order valence-electron chi connectivity index (χ4n) is 2.09. The maximum atomic E-state index is 12.5. The van der Waals surface area contributed by atoms with Gasteiger partial charge in [-0.2, -0.15) is 18.3 Å². The normalized spacial score (nSPS) is 13.4. The molecule has 2 rings (SSSR count). The Morgan fingerprint density at radius 2 is 2.10 bits per heavy atom. The molecule has 2 aromatic rings. The van der Waals surface area contributed by atoms with E-state index in [4.69, 9.17) is 5.84 Å². The summed E-state index contributed by atoms with van der Waals surface area (Å²) >= 11 is 0. The SMILES string of the molecule is Cc1cc(CC(NN)c2ccc(C(F)(F)F)cn2)n(C)n1. The first-order valence-electron chi connectivity index (χ1n) is 6.30. The van der Waals surface area contributed by atoms with Crippen LogP contribution in [0.2, 0.25) is 0 Å². The summed E-state index contributed by atoms with van der Waals surface area (Å²) in [7, 11) is 1.80. The predicted octanol–water partition coefficient (Wildman–Crippen LogP) is 1.89. The molecule has 2 aromatic heterocycles. The van der Waals surface area contributed by atoms with Crippen molar-refractivity contribution in [1.29, 1.82) is 0 Å². The van der Waals surface area contributed by atoms with Crippen LogP contribution in [0.25, 0.3) is 0 Å². The number of hydrogen-bond donors (Lipinski definition) is 2. The lowest BCUT2D eigenvalue weighted by atomic mass is 10.1. The van der Waals surface area contributed by atoms with Crippen molar-refractivity contribution in [3.05, 3.63) is 47.0 Å². The predicted molar refractivity (Wildman–Crippen MR) is 71.0 cm³/mol. The molecule has 0 fully saturated rings. The number of nitrogens with two attached hydrogens (primary N) is 1. The van der Waals surface area contributed by atoms with Crippen molar-refractivity contribution >= 4 is 0 Å². The van der Waals surface area contributed by atoms with Crippen LogP contribution in [0.1, 0.15) is 28.7 Å². The van der Waals surface area contributed by atoms with Gasteiger partial charge in [-0.25, -0.2) is 0 Å². The van der Waals surface area contributed by atoms with Gasteiger partial charge in [-0.05, 0) is 25.1 Å². The van der Waals surface area contributed by atoms with E-state index in [9.17, 15) is 13.2 Å². The highest BCUT2D eigenvalue weighted by atomic mass is 19.4. The number of alkyl halides is 3. The number of hydrogen-bond acceptors (Lipinski definition) is 4. The van der Waals surface area contributed by atoms with Crippen LogP contribution in [0.3, 0.4) is 0 Å². The number of nitrogens with one attached hydrogen (secondary N) is 1. The molecule has 0 saturated heterocycles. The second-order valence-electron chi connectivity index (χ2n) is 4.79. The molecule has 0 aliphatic carbocycles. The fourth-order valence-corrected chi connectivity index (χ4v) is 2.09. The van der Waals surface area contributed by atoms with E-state index < -0.39 is 11.7 Å². The van der Waals surface area contributed by atoms with Crippen LogP contribution >= 0.6 is 0 Å². The molecule has 0 aliphatic heterocycles. The minimum atomic E-state index is -4.39. The lowest BCUT2D eigenvalue weighted by Crippen LogP contribution is -2.30. The van der Waals surface area contributed by atoms with E-state index in [-0.39, 0.29) is 6.04 Å². The lowest BCUT2D eigenvalue weighted by molar-refractivity contribution is -0.137. The van der Waals surface area contributed by atoms with Crippen LogP contribution in [-0.2, 0) is 19.6 Å². The number of aromatic nitrogens is 3. The van der Waals surface area contributed by atoms with Crippen molar-refractivity contribution in [2.24, 2.45) is 12.9 Å². The van der Waals surface area contributed by atoms with E-state index in [0.29, 0.717) is 12.1 Å². The molecule has 1 atom stereocenters. The van der Waals surface area contributed by atoms with Crippen LogP contribution in [0.5, 0.6) is 0 Å². The second kappa shape index (κ2) is 5.82.